The van der Waals surface area contributed by atoms with Crippen molar-refractivity contribution < 1.29 is 13.6 Å². The normalized spacial score (nSPS) is 17.6. The van der Waals surface area contributed by atoms with E-state index in [-0.39, 0.29) is 19.4 Å². The summed E-state index contributed by atoms with van der Waals surface area (Å²) < 4.78 is 25.8. The molecule has 0 unspecified atom stereocenters. The van der Waals surface area contributed by atoms with Crippen LogP contribution in [0.3, 0.4) is 0 Å². The molecule has 1 fully saturated rings. The zero-order valence-corrected chi connectivity index (χ0v) is 16.6. The first-order chi connectivity index (χ1) is 13.4. The molecule has 3 rings (SSSR count). The molecule has 6 heteroatoms. The summed E-state index contributed by atoms with van der Waals surface area (Å²) in [5.74, 6) is -3.77. The summed E-state index contributed by atoms with van der Waals surface area (Å²) >= 11 is 1.77. The van der Waals surface area contributed by atoms with Crippen LogP contribution in [0.5, 0.6) is 0 Å². The van der Waals surface area contributed by atoms with Crippen molar-refractivity contribution in [2.45, 2.75) is 36.5 Å². The maximum atomic E-state index is 12.9. The van der Waals surface area contributed by atoms with Gasteiger partial charge in [-0.15, -0.1) is 11.8 Å². The molecule has 0 saturated heterocycles. The summed E-state index contributed by atoms with van der Waals surface area (Å²) in [5, 5.41) is 10.5. The average Bonchev–Trinajstić information content (AvgIpc) is 2.72. The third-order valence-electron chi connectivity index (χ3n) is 4.55. The molecule has 1 amide bonds. The first-order valence-electron chi connectivity index (χ1n) is 9.17. The Balaban J connectivity index is 0.000000200. The van der Waals surface area contributed by atoms with Crippen LogP contribution >= 0.6 is 11.8 Å². The van der Waals surface area contributed by atoms with Gasteiger partial charge in [-0.2, -0.15) is 5.26 Å². The molecular weight excluding hydrogens is 378 g/mol. The molecule has 0 bridgehead atoms. The Bertz CT molecular complexity index is 788. The topological polar surface area (TPSA) is 52.9 Å². The van der Waals surface area contributed by atoms with E-state index in [0.717, 1.165) is 0 Å². The smallest absolute Gasteiger partial charge is 0.248 e. The SMILES string of the molecule is CSc1ccc(-c2ccccc2)cc1.N#CCNC(=O)[C@H]1CCCC(F)(F)C1. The van der Waals surface area contributed by atoms with Gasteiger partial charge < -0.3 is 5.32 Å². The molecule has 28 heavy (non-hydrogen) atoms. The standard InChI is InChI=1S/C13H12S.C9H12F2N2O/c1-14-13-9-7-12(8-10-13)11-5-3-2-4-6-11;10-9(11)3-1-2-7(6-9)8(14)13-5-4-12/h2-10H,1H3;7H,1-3,5-6H2,(H,13,14)/t;7-/m.0/s1. The molecule has 2 aromatic rings. The third kappa shape index (κ3) is 6.97. The fourth-order valence-corrected chi connectivity index (χ4v) is 3.49. The predicted octanol–water partition coefficient (Wildman–Crippen LogP) is 5.53. The molecule has 0 aliphatic heterocycles. The van der Waals surface area contributed by atoms with Crippen LogP contribution in [0.25, 0.3) is 11.1 Å². The lowest BCUT2D eigenvalue weighted by Gasteiger charge is -2.27. The van der Waals surface area contributed by atoms with Crippen molar-refractivity contribution in [3.63, 3.8) is 0 Å². The second-order valence-electron chi connectivity index (χ2n) is 6.62. The summed E-state index contributed by atoms with van der Waals surface area (Å²) in [6, 6.07) is 20.8. The number of nitriles is 1. The summed E-state index contributed by atoms with van der Waals surface area (Å²) in [6.45, 7) is -0.110. The predicted molar refractivity (Wildman–Crippen MR) is 109 cm³/mol. The van der Waals surface area contributed by atoms with Crippen molar-refractivity contribution in [3.8, 4) is 17.2 Å². The van der Waals surface area contributed by atoms with E-state index in [4.69, 9.17) is 5.26 Å². The molecule has 1 atom stereocenters. The van der Waals surface area contributed by atoms with Crippen molar-refractivity contribution in [1.82, 2.24) is 5.32 Å². The van der Waals surface area contributed by atoms with Gasteiger partial charge in [0, 0.05) is 23.7 Å². The van der Waals surface area contributed by atoms with Crippen LogP contribution in [0.15, 0.2) is 59.5 Å². The molecule has 0 aromatic heterocycles. The number of halogens is 2. The summed E-state index contributed by atoms with van der Waals surface area (Å²) in [6.07, 6.45) is 2.45. The molecule has 1 saturated carbocycles. The van der Waals surface area contributed by atoms with Gasteiger partial charge in [0.2, 0.25) is 11.8 Å². The minimum Gasteiger partial charge on any atom is -0.343 e. The van der Waals surface area contributed by atoms with E-state index in [1.165, 1.54) is 16.0 Å². The van der Waals surface area contributed by atoms with Crippen molar-refractivity contribution in [2.75, 3.05) is 12.8 Å². The molecule has 1 aliphatic carbocycles. The van der Waals surface area contributed by atoms with Crippen molar-refractivity contribution in [3.05, 3.63) is 54.6 Å². The maximum Gasteiger partial charge on any atom is 0.248 e. The van der Waals surface area contributed by atoms with E-state index in [1.54, 1.807) is 17.8 Å². The highest BCUT2D eigenvalue weighted by Gasteiger charge is 2.38. The largest absolute Gasteiger partial charge is 0.343 e. The quantitative estimate of drug-likeness (QED) is 0.541. The van der Waals surface area contributed by atoms with Gasteiger partial charge in [0.05, 0.1) is 6.07 Å². The number of amides is 1. The first-order valence-corrected chi connectivity index (χ1v) is 10.4. The molecule has 148 valence electrons. The van der Waals surface area contributed by atoms with Gasteiger partial charge >= 0.3 is 0 Å². The van der Waals surface area contributed by atoms with E-state index in [9.17, 15) is 13.6 Å². The lowest BCUT2D eigenvalue weighted by molar-refractivity contribution is -0.131. The minimum absolute atomic E-state index is 0.110. The fourth-order valence-electron chi connectivity index (χ4n) is 3.08. The van der Waals surface area contributed by atoms with E-state index in [1.807, 2.05) is 6.07 Å². The molecule has 0 heterocycles. The van der Waals surface area contributed by atoms with E-state index in [2.05, 4.69) is 60.1 Å². The second kappa shape index (κ2) is 10.8. The van der Waals surface area contributed by atoms with Gasteiger partial charge in [-0.3, -0.25) is 4.79 Å². The molecule has 1 aliphatic rings. The number of benzene rings is 2. The van der Waals surface area contributed by atoms with Crippen LogP contribution in [0.4, 0.5) is 8.78 Å². The molecule has 2 aromatic carbocycles. The van der Waals surface area contributed by atoms with Gasteiger partial charge in [-0.05, 0) is 42.4 Å². The molecule has 0 spiro atoms. The van der Waals surface area contributed by atoms with Crippen LogP contribution < -0.4 is 5.32 Å². The highest BCUT2D eigenvalue weighted by molar-refractivity contribution is 7.98. The zero-order chi connectivity index (χ0) is 20.4. The monoisotopic (exact) mass is 402 g/mol. The number of nitrogens with one attached hydrogen (secondary N) is 1. The Morgan fingerprint density at radius 2 is 1.82 bits per heavy atom. The van der Waals surface area contributed by atoms with Crippen LogP contribution in [0.2, 0.25) is 0 Å². The van der Waals surface area contributed by atoms with Crippen LogP contribution in [-0.2, 0) is 4.79 Å². The number of alkyl halides is 2. The third-order valence-corrected chi connectivity index (χ3v) is 5.29. The van der Waals surface area contributed by atoms with Crippen LogP contribution in [0, 0.1) is 17.2 Å². The number of carbonyl (C=O) groups is 1. The Labute approximate surface area is 169 Å². The number of hydrogen-bond acceptors (Lipinski definition) is 3. The summed E-state index contributed by atoms with van der Waals surface area (Å²) in [4.78, 5) is 12.6. The average molecular weight is 403 g/mol. The maximum absolute atomic E-state index is 12.9. The molecular formula is C22H24F2N2OS. The minimum atomic E-state index is -2.72. The Morgan fingerprint density at radius 3 is 2.39 bits per heavy atom. The number of thioether (sulfide) groups is 1. The van der Waals surface area contributed by atoms with Gasteiger partial charge in [0.1, 0.15) is 6.54 Å². The van der Waals surface area contributed by atoms with Gasteiger partial charge in [0.15, 0.2) is 0 Å². The van der Waals surface area contributed by atoms with Crippen LogP contribution in [0.1, 0.15) is 25.7 Å². The first kappa shape index (κ1) is 21.9. The summed E-state index contributed by atoms with van der Waals surface area (Å²) in [7, 11) is 0. The Kier molecular flexibility index (Phi) is 8.46. The highest BCUT2D eigenvalue weighted by Crippen LogP contribution is 2.36. The number of nitrogens with zero attached hydrogens (tertiary/aromatic N) is 1. The number of carbonyl (C=O) groups excluding carboxylic acids is 1. The van der Waals surface area contributed by atoms with Gasteiger partial charge in [-0.1, -0.05) is 42.5 Å². The Morgan fingerprint density at radius 1 is 1.18 bits per heavy atom. The molecule has 1 N–H and O–H groups in total. The summed E-state index contributed by atoms with van der Waals surface area (Å²) in [5.41, 5.74) is 2.56. The van der Waals surface area contributed by atoms with E-state index < -0.39 is 17.7 Å². The second-order valence-corrected chi connectivity index (χ2v) is 7.50. The van der Waals surface area contributed by atoms with Gasteiger partial charge in [-0.25, -0.2) is 8.78 Å². The lowest BCUT2D eigenvalue weighted by Crippen LogP contribution is -2.37. The highest BCUT2D eigenvalue weighted by atomic mass is 32.2. The number of rotatable bonds is 4. The van der Waals surface area contributed by atoms with E-state index in [0.29, 0.717) is 12.8 Å². The van der Waals surface area contributed by atoms with Crippen molar-refractivity contribution >= 4 is 17.7 Å². The van der Waals surface area contributed by atoms with Crippen LogP contribution in [-0.4, -0.2) is 24.6 Å². The fraction of sp³-hybridized carbons (Fsp3) is 0.364. The molecule has 0 radical (unpaired) electrons. The Hall–Kier alpha value is -2.39. The lowest BCUT2D eigenvalue weighted by atomic mass is 9.86. The number of hydrogen-bond donors (Lipinski definition) is 1. The molecule has 3 nitrogen and oxygen atoms in total. The van der Waals surface area contributed by atoms with Crippen molar-refractivity contribution in [1.29, 1.82) is 5.26 Å². The van der Waals surface area contributed by atoms with Gasteiger partial charge in [0.25, 0.3) is 0 Å². The zero-order valence-electron chi connectivity index (χ0n) is 15.8. The van der Waals surface area contributed by atoms with E-state index >= 15 is 0 Å². The van der Waals surface area contributed by atoms with Crippen molar-refractivity contribution in [2.24, 2.45) is 5.92 Å².